The van der Waals surface area contributed by atoms with E-state index in [-0.39, 0.29) is 17.9 Å². The van der Waals surface area contributed by atoms with E-state index in [9.17, 15) is 9.59 Å². The summed E-state index contributed by atoms with van der Waals surface area (Å²) in [6, 6.07) is 4.42. The van der Waals surface area contributed by atoms with Gasteiger partial charge in [0.25, 0.3) is 0 Å². The maximum Gasteiger partial charge on any atom is 0.317 e. The van der Waals surface area contributed by atoms with E-state index in [0.717, 1.165) is 37.9 Å². The Kier molecular flexibility index (Phi) is 5.66. The van der Waals surface area contributed by atoms with Crippen LogP contribution in [0.2, 0.25) is 0 Å². The standard InChI is InChI=1S/C19H30N4O2/c1-14-9-10-17(22(14)2)12-20-18(24)15-6-5-11-23(13-15)19(25)21-16-7-3-4-8-16/h9-10,15-16H,3-8,11-13H2,1-2H3,(H,20,24)(H,21,25)/t15-/m1/s1. The van der Waals surface area contributed by atoms with Crippen molar-refractivity contribution in [2.24, 2.45) is 13.0 Å². The summed E-state index contributed by atoms with van der Waals surface area (Å²) >= 11 is 0. The van der Waals surface area contributed by atoms with Crippen LogP contribution < -0.4 is 10.6 Å². The van der Waals surface area contributed by atoms with Crippen LogP contribution in [0.5, 0.6) is 0 Å². The van der Waals surface area contributed by atoms with Crippen LogP contribution in [-0.4, -0.2) is 40.5 Å². The number of aryl methyl sites for hydroxylation is 1. The van der Waals surface area contributed by atoms with E-state index >= 15 is 0 Å². The van der Waals surface area contributed by atoms with E-state index in [1.807, 2.05) is 24.9 Å². The summed E-state index contributed by atoms with van der Waals surface area (Å²) in [6.45, 7) is 3.86. The van der Waals surface area contributed by atoms with E-state index in [0.29, 0.717) is 19.1 Å². The van der Waals surface area contributed by atoms with Crippen molar-refractivity contribution in [3.8, 4) is 0 Å². The average Bonchev–Trinajstić information content (AvgIpc) is 3.24. The molecule has 6 heteroatoms. The molecule has 1 aliphatic heterocycles. The summed E-state index contributed by atoms with van der Waals surface area (Å²) in [7, 11) is 2.01. The molecular formula is C19H30N4O2. The predicted octanol–water partition coefficient (Wildman–Crippen LogP) is 2.31. The number of urea groups is 1. The summed E-state index contributed by atoms with van der Waals surface area (Å²) in [5, 5.41) is 6.17. The fraction of sp³-hybridized carbons (Fsp3) is 0.684. The highest BCUT2D eigenvalue weighted by Gasteiger charge is 2.29. The van der Waals surface area contributed by atoms with Gasteiger partial charge in [0.05, 0.1) is 12.5 Å². The van der Waals surface area contributed by atoms with Crippen molar-refractivity contribution in [2.45, 2.75) is 58.0 Å². The molecule has 1 aromatic heterocycles. The largest absolute Gasteiger partial charge is 0.350 e. The molecule has 25 heavy (non-hydrogen) atoms. The van der Waals surface area contributed by atoms with E-state index in [4.69, 9.17) is 0 Å². The summed E-state index contributed by atoms with van der Waals surface area (Å²) < 4.78 is 2.09. The van der Waals surface area contributed by atoms with Gasteiger partial charge in [-0.25, -0.2) is 4.79 Å². The molecule has 138 valence electrons. The lowest BCUT2D eigenvalue weighted by Crippen LogP contribution is -2.50. The lowest BCUT2D eigenvalue weighted by atomic mass is 9.97. The molecule has 0 unspecified atom stereocenters. The van der Waals surface area contributed by atoms with Crippen LogP contribution in [0, 0.1) is 12.8 Å². The average molecular weight is 346 g/mol. The second-order valence-corrected chi connectivity index (χ2v) is 7.46. The SMILES string of the molecule is Cc1ccc(CNC(=O)[C@@H]2CCCN(C(=O)NC3CCCC3)C2)n1C. The van der Waals surface area contributed by atoms with Crippen molar-refractivity contribution in [2.75, 3.05) is 13.1 Å². The quantitative estimate of drug-likeness (QED) is 0.879. The van der Waals surface area contributed by atoms with Crippen molar-refractivity contribution >= 4 is 11.9 Å². The zero-order valence-corrected chi connectivity index (χ0v) is 15.4. The summed E-state index contributed by atoms with van der Waals surface area (Å²) in [5.74, 6) is -0.0540. The van der Waals surface area contributed by atoms with Gasteiger partial charge < -0.3 is 20.1 Å². The van der Waals surface area contributed by atoms with Gasteiger partial charge in [-0.05, 0) is 44.7 Å². The third-order valence-electron chi connectivity index (χ3n) is 5.68. The molecule has 0 bridgehead atoms. The molecule has 2 aliphatic rings. The molecule has 1 aliphatic carbocycles. The second-order valence-electron chi connectivity index (χ2n) is 7.46. The maximum atomic E-state index is 12.5. The smallest absolute Gasteiger partial charge is 0.317 e. The molecule has 0 radical (unpaired) electrons. The number of carbonyl (C=O) groups is 2. The van der Waals surface area contributed by atoms with Crippen molar-refractivity contribution < 1.29 is 9.59 Å². The second kappa shape index (κ2) is 7.93. The van der Waals surface area contributed by atoms with Gasteiger partial charge >= 0.3 is 6.03 Å². The molecule has 6 nitrogen and oxygen atoms in total. The number of likely N-dealkylation sites (tertiary alicyclic amines) is 1. The first-order valence-electron chi connectivity index (χ1n) is 9.49. The Labute approximate surface area is 149 Å². The molecule has 1 aromatic rings. The Morgan fingerprint density at radius 1 is 1.16 bits per heavy atom. The highest BCUT2D eigenvalue weighted by molar-refractivity contribution is 5.80. The predicted molar refractivity (Wildman–Crippen MR) is 97.1 cm³/mol. The van der Waals surface area contributed by atoms with E-state index in [1.54, 1.807) is 0 Å². The zero-order chi connectivity index (χ0) is 17.8. The van der Waals surface area contributed by atoms with E-state index < -0.39 is 0 Å². The molecule has 1 saturated carbocycles. The van der Waals surface area contributed by atoms with E-state index in [1.165, 1.54) is 18.5 Å². The number of aromatic nitrogens is 1. The number of hydrogen-bond acceptors (Lipinski definition) is 2. The minimum Gasteiger partial charge on any atom is -0.350 e. The van der Waals surface area contributed by atoms with Crippen molar-refractivity contribution in [3.05, 3.63) is 23.5 Å². The molecule has 0 spiro atoms. The fourth-order valence-electron chi connectivity index (χ4n) is 3.88. The van der Waals surface area contributed by atoms with Crippen LogP contribution in [-0.2, 0) is 18.4 Å². The number of carbonyl (C=O) groups excluding carboxylic acids is 2. The third kappa shape index (κ3) is 4.35. The van der Waals surface area contributed by atoms with Crippen molar-refractivity contribution in [1.29, 1.82) is 0 Å². The van der Waals surface area contributed by atoms with Gasteiger partial charge in [0.15, 0.2) is 0 Å². The first kappa shape index (κ1) is 17.8. The Morgan fingerprint density at radius 2 is 1.92 bits per heavy atom. The third-order valence-corrected chi connectivity index (χ3v) is 5.68. The molecule has 3 rings (SSSR count). The van der Waals surface area contributed by atoms with Crippen molar-refractivity contribution in [3.63, 3.8) is 0 Å². The van der Waals surface area contributed by atoms with Gasteiger partial charge in [-0.15, -0.1) is 0 Å². The van der Waals surface area contributed by atoms with Crippen LogP contribution in [0.4, 0.5) is 4.79 Å². The Morgan fingerprint density at radius 3 is 2.60 bits per heavy atom. The maximum absolute atomic E-state index is 12.5. The highest BCUT2D eigenvalue weighted by Crippen LogP contribution is 2.20. The first-order chi connectivity index (χ1) is 12.0. The molecule has 1 atom stereocenters. The number of nitrogens with one attached hydrogen (secondary N) is 2. The van der Waals surface area contributed by atoms with Gasteiger partial charge in [-0.1, -0.05) is 12.8 Å². The lowest BCUT2D eigenvalue weighted by molar-refractivity contribution is -0.126. The molecule has 0 aromatic carbocycles. The van der Waals surface area contributed by atoms with Crippen LogP contribution in [0.3, 0.4) is 0 Å². The molecule has 3 amide bonds. The lowest BCUT2D eigenvalue weighted by Gasteiger charge is -2.33. The number of hydrogen-bond donors (Lipinski definition) is 2. The van der Waals surface area contributed by atoms with E-state index in [2.05, 4.69) is 21.3 Å². The molecule has 2 fully saturated rings. The summed E-state index contributed by atoms with van der Waals surface area (Å²) in [4.78, 5) is 26.8. The van der Waals surface area contributed by atoms with Gasteiger partial charge in [-0.2, -0.15) is 0 Å². The summed E-state index contributed by atoms with van der Waals surface area (Å²) in [6.07, 6.45) is 6.31. The van der Waals surface area contributed by atoms with Crippen molar-refractivity contribution in [1.82, 2.24) is 20.1 Å². The highest BCUT2D eigenvalue weighted by atomic mass is 16.2. The zero-order valence-electron chi connectivity index (χ0n) is 15.4. The number of piperidine rings is 1. The number of nitrogens with zero attached hydrogens (tertiary/aromatic N) is 2. The molecule has 2 N–H and O–H groups in total. The van der Waals surface area contributed by atoms with Gasteiger partial charge in [-0.3, -0.25) is 4.79 Å². The Balaban J connectivity index is 1.49. The van der Waals surface area contributed by atoms with Crippen LogP contribution in [0.15, 0.2) is 12.1 Å². The van der Waals surface area contributed by atoms with Gasteiger partial charge in [0.1, 0.15) is 0 Å². The van der Waals surface area contributed by atoms with Gasteiger partial charge in [0, 0.05) is 37.6 Å². The van der Waals surface area contributed by atoms with Crippen LogP contribution >= 0.6 is 0 Å². The Hall–Kier alpha value is -1.98. The monoisotopic (exact) mass is 346 g/mol. The van der Waals surface area contributed by atoms with Crippen LogP contribution in [0.25, 0.3) is 0 Å². The normalized spacial score (nSPS) is 21.4. The van der Waals surface area contributed by atoms with Gasteiger partial charge in [0.2, 0.25) is 5.91 Å². The number of rotatable bonds is 4. The molecule has 1 saturated heterocycles. The molecular weight excluding hydrogens is 316 g/mol. The fourth-order valence-corrected chi connectivity index (χ4v) is 3.88. The first-order valence-corrected chi connectivity index (χ1v) is 9.49. The minimum absolute atomic E-state index is 0.00228. The molecule has 2 heterocycles. The van der Waals surface area contributed by atoms with Crippen LogP contribution in [0.1, 0.15) is 49.9 Å². The minimum atomic E-state index is -0.107. The topological polar surface area (TPSA) is 66.4 Å². The Bertz CT molecular complexity index is 619. The number of amides is 3. The summed E-state index contributed by atoms with van der Waals surface area (Å²) in [5.41, 5.74) is 2.27.